The smallest absolute Gasteiger partial charge is 0.224 e. The van der Waals surface area contributed by atoms with Crippen molar-refractivity contribution in [2.24, 2.45) is 5.92 Å². The molecule has 58 valence electrons. The van der Waals surface area contributed by atoms with E-state index in [0.717, 1.165) is 12.2 Å². The number of hydrogen-bond donors (Lipinski definition) is 3. The molecule has 0 spiro atoms. The Hall–Kier alpha value is 0.170. The van der Waals surface area contributed by atoms with E-state index >= 15 is 0 Å². The highest BCUT2D eigenvalue weighted by Crippen LogP contribution is 2.16. The van der Waals surface area contributed by atoms with E-state index in [1.54, 1.807) is 0 Å². The van der Waals surface area contributed by atoms with Gasteiger partial charge in [0.05, 0.1) is 0 Å². The lowest BCUT2D eigenvalue weighted by molar-refractivity contribution is -0.121. The Bertz CT molecular complexity index is 140. The third kappa shape index (κ3) is 1.61. The summed E-state index contributed by atoms with van der Waals surface area (Å²) in [5.74, 6) is 1.63. The average Bonchev–Trinajstić information content (AvgIpc) is 2.30. The normalized spacial score (nSPS) is 32.4. The molecule has 10 heavy (non-hydrogen) atoms. The van der Waals surface area contributed by atoms with E-state index < -0.39 is 0 Å². The molecule has 0 bridgehead atoms. The summed E-state index contributed by atoms with van der Waals surface area (Å²) in [5.41, 5.74) is 0. The zero-order valence-electron chi connectivity index (χ0n) is 5.58. The molecule has 0 aromatic carbocycles. The molecule has 1 amide bonds. The number of nitrogens with one attached hydrogen (secondary N) is 1. The summed E-state index contributed by atoms with van der Waals surface area (Å²) in [7, 11) is 0. The molecule has 1 aliphatic heterocycles. The molecule has 2 nitrogen and oxygen atoms in total. The van der Waals surface area contributed by atoms with Crippen LogP contribution in [0.3, 0.4) is 0 Å². The van der Waals surface area contributed by atoms with Gasteiger partial charge in [0, 0.05) is 23.5 Å². The van der Waals surface area contributed by atoms with Crippen molar-refractivity contribution in [1.82, 2.24) is 5.32 Å². The second kappa shape index (κ2) is 3.53. The van der Waals surface area contributed by atoms with E-state index in [4.69, 9.17) is 0 Å². The molecule has 1 N–H and O–H groups in total. The van der Waals surface area contributed by atoms with Crippen LogP contribution in [0, 0.1) is 5.92 Å². The number of carbonyl (C=O) groups is 1. The first kappa shape index (κ1) is 8.27. The van der Waals surface area contributed by atoms with Crippen molar-refractivity contribution in [3.8, 4) is 0 Å². The van der Waals surface area contributed by atoms with Crippen LogP contribution in [0.1, 0.15) is 6.42 Å². The van der Waals surface area contributed by atoms with Crippen LogP contribution in [0.25, 0.3) is 0 Å². The quantitative estimate of drug-likeness (QED) is 0.522. The van der Waals surface area contributed by atoms with E-state index in [1.165, 1.54) is 0 Å². The third-order valence-electron chi connectivity index (χ3n) is 1.73. The molecular formula is C6H11NOS2. The summed E-state index contributed by atoms with van der Waals surface area (Å²) in [5, 5.41) is 2.84. The highest BCUT2D eigenvalue weighted by atomic mass is 32.1. The van der Waals surface area contributed by atoms with Crippen LogP contribution < -0.4 is 5.32 Å². The summed E-state index contributed by atoms with van der Waals surface area (Å²) in [6.45, 7) is 0. The van der Waals surface area contributed by atoms with Gasteiger partial charge in [-0.15, -0.1) is 0 Å². The molecular weight excluding hydrogens is 166 g/mol. The van der Waals surface area contributed by atoms with E-state index in [1.807, 2.05) is 0 Å². The maximum absolute atomic E-state index is 11.0. The Kier molecular flexibility index (Phi) is 2.92. The van der Waals surface area contributed by atoms with Crippen molar-refractivity contribution in [2.45, 2.75) is 12.5 Å². The monoisotopic (exact) mass is 177 g/mol. The zero-order valence-corrected chi connectivity index (χ0v) is 7.37. The molecule has 4 heteroatoms. The van der Waals surface area contributed by atoms with Gasteiger partial charge in [-0.05, 0) is 6.42 Å². The molecule has 1 fully saturated rings. The lowest BCUT2D eigenvalue weighted by Crippen LogP contribution is -2.27. The van der Waals surface area contributed by atoms with Gasteiger partial charge in [0.15, 0.2) is 0 Å². The first-order valence-corrected chi connectivity index (χ1v) is 4.56. The summed E-state index contributed by atoms with van der Waals surface area (Å²) in [6, 6.07) is 0.271. The van der Waals surface area contributed by atoms with Gasteiger partial charge in [-0.2, -0.15) is 25.3 Å². The second-order valence-electron chi connectivity index (χ2n) is 2.50. The summed E-state index contributed by atoms with van der Waals surface area (Å²) < 4.78 is 0. The maximum Gasteiger partial charge on any atom is 0.224 e. The Labute approximate surface area is 71.6 Å². The lowest BCUT2D eigenvalue weighted by atomic mass is 10.1. The predicted molar refractivity (Wildman–Crippen MR) is 47.7 cm³/mol. The summed E-state index contributed by atoms with van der Waals surface area (Å²) in [4.78, 5) is 11.0. The van der Waals surface area contributed by atoms with Crippen LogP contribution in [0.2, 0.25) is 0 Å². The predicted octanol–water partition coefficient (Wildman–Crippen LogP) is 0.351. The van der Waals surface area contributed by atoms with Gasteiger partial charge >= 0.3 is 0 Å². The fourth-order valence-electron chi connectivity index (χ4n) is 1.11. The molecule has 0 aromatic rings. The Morgan fingerprint density at radius 3 is 2.50 bits per heavy atom. The topological polar surface area (TPSA) is 29.1 Å². The van der Waals surface area contributed by atoms with Crippen molar-refractivity contribution in [3.63, 3.8) is 0 Å². The molecule has 0 saturated carbocycles. The van der Waals surface area contributed by atoms with Crippen LogP contribution in [0.5, 0.6) is 0 Å². The van der Waals surface area contributed by atoms with Gasteiger partial charge in [-0.1, -0.05) is 0 Å². The largest absolute Gasteiger partial charge is 0.352 e. The van der Waals surface area contributed by atoms with Gasteiger partial charge in [0.2, 0.25) is 5.91 Å². The fraction of sp³-hybridized carbons (Fsp3) is 0.833. The van der Waals surface area contributed by atoms with Crippen LogP contribution >= 0.6 is 25.3 Å². The number of amides is 1. The summed E-state index contributed by atoms with van der Waals surface area (Å²) >= 11 is 8.16. The van der Waals surface area contributed by atoms with Gasteiger partial charge in [-0.3, -0.25) is 4.79 Å². The molecule has 2 unspecified atom stereocenters. The molecule has 0 aliphatic carbocycles. The van der Waals surface area contributed by atoms with Crippen molar-refractivity contribution in [2.75, 3.05) is 11.5 Å². The van der Waals surface area contributed by atoms with E-state index in [0.29, 0.717) is 5.75 Å². The van der Waals surface area contributed by atoms with Crippen molar-refractivity contribution in [1.29, 1.82) is 0 Å². The van der Waals surface area contributed by atoms with Crippen molar-refractivity contribution in [3.05, 3.63) is 0 Å². The van der Waals surface area contributed by atoms with E-state index in [9.17, 15) is 4.79 Å². The Morgan fingerprint density at radius 2 is 2.20 bits per heavy atom. The molecule has 0 radical (unpaired) electrons. The highest BCUT2D eigenvalue weighted by Gasteiger charge is 2.29. The average molecular weight is 177 g/mol. The maximum atomic E-state index is 11.0. The van der Waals surface area contributed by atoms with Crippen molar-refractivity contribution < 1.29 is 4.79 Å². The Balaban J connectivity index is 2.44. The number of hydrogen-bond acceptors (Lipinski definition) is 3. The van der Waals surface area contributed by atoms with Crippen LogP contribution in [0.15, 0.2) is 0 Å². The van der Waals surface area contributed by atoms with Gasteiger partial charge in [0.1, 0.15) is 0 Å². The van der Waals surface area contributed by atoms with Crippen LogP contribution in [-0.2, 0) is 4.79 Å². The molecule has 2 atom stereocenters. The minimum Gasteiger partial charge on any atom is -0.352 e. The second-order valence-corrected chi connectivity index (χ2v) is 3.23. The highest BCUT2D eigenvalue weighted by molar-refractivity contribution is 7.80. The summed E-state index contributed by atoms with van der Waals surface area (Å²) in [6.07, 6.45) is 0.895. The minimum atomic E-state index is 0.112. The first-order valence-electron chi connectivity index (χ1n) is 3.30. The Morgan fingerprint density at radius 1 is 1.50 bits per heavy atom. The lowest BCUT2D eigenvalue weighted by Gasteiger charge is -2.02. The van der Waals surface area contributed by atoms with Crippen LogP contribution in [0.4, 0.5) is 0 Å². The van der Waals surface area contributed by atoms with Crippen LogP contribution in [-0.4, -0.2) is 23.5 Å². The fourth-order valence-corrected chi connectivity index (χ4v) is 1.66. The first-order chi connectivity index (χ1) is 4.77. The number of rotatable bonds is 2. The van der Waals surface area contributed by atoms with Gasteiger partial charge in [0.25, 0.3) is 0 Å². The molecule has 1 aliphatic rings. The van der Waals surface area contributed by atoms with Gasteiger partial charge < -0.3 is 5.32 Å². The minimum absolute atomic E-state index is 0.112. The molecule has 1 saturated heterocycles. The zero-order chi connectivity index (χ0) is 7.56. The molecule has 0 aromatic heterocycles. The SMILES string of the molecule is O=C1NC(CS)CC1CS. The van der Waals surface area contributed by atoms with E-state index in [-0.39, 0.29) is 17.9 Å². The van der Waals surface area contributed by atoms with E-state index in [2.05, 4.69) is 30.6 Å². The van der Waals surface area contributed by atoms with Gasteiger partial charge in [-0.25, -0.2) is 0 Å². The molecule has 1 rings (SSSR count). The number of carbonyl (C=O) groups excluding carboxylic acids is 1. The number of thiol groups is 2. The standard InChI is InChI=1S/C6H11NOS2/c8-6-4(2-9)1-5(3-10)7-6/h4-5,9-10H,1-3H2,(H,7,8). The third-order valence-corrected chi connectivity index (χ3v) is 2.61. The molecule has 1 heterocycles. The van der Waals surface area contributed by atoms with Crippen molar-refractivity contribution >= 4 is 31.2 Å².